The van der Waals surface area contributed by atoms with E-state index in [1.807, 2.05) is 5.38 Å². The van der Waals surface area contributed by atoms with Crippen molar-refractivity contribution >= 4 is 41.3 Å². The number of aliphatic carboxylic acids is 1. The van der Waals surface area contributed by atoms with Gasteiger partial charge in [-0.15, -0.1) is 11.3 Å². The van der Waals surface area contributed by atoms with Crippen molar-refractivity contribution in [2.45, 2.75) is 12.8 Å². The van der Waals surface area contributed by atoms with Crippen LogP contribution in [-0.4, -0.2) is 48.0 Å². The predicted molar refractivity (Wildman–Crippen MR) is 60.4 cm³/mol. The number of hydrogen-bond acceptors (Lipinski definition) is 4. The Labute approximate surface area is 104 Å². The summed E-state index contributed by atoms with van der Waals surface area (Å²) in [7, 11) is 0. The Hall–Kier alpha value is -0.503. The zero-order valence-electron chi connectivity index (χ0n) is 8.72. The molecule has 0 amide bonds. The Balaban J connectivity index is 0.00000112. The number of hydrogen-bond donors (Lipinski definition) is 1. The van der Waals surface area contributed by atoms with E-state index in [1.54, 1.807) is 17.5 Å². The predicted octanol–water partition coefficient (Wildman–Crippen LogP) is 1.06. The summed E-state index contributed by atoms with van der Waals surface area (Å²) in [4.78, 5) is 17.1. The van der Waals surface area contributed by atoms with Gasteiger partial charge in [-0.25, -0.2) is 4.98 Å². The standard InChI is InChI=1S/C9H12N2O2S.Li/c12-8(13)7-1-4-11(5-2-7)9-10-3-6-14-9;/h3,6-7H,1-2,4-5H2,(H,12,13);. The molecule has 0 atom stereocenters. The summed E-state index contributed by atoms with van der Waals surface area (Å²) < 4.78 is 0. The van der Waals surface area contributed by atoms with Crippen molar-refractivity contribution in [2.75, 3.05) is 18.0 Å². The molecule has 0 unspecified atom stereocenters. The van der Waals surface area contributed by atoms with Crippen molar-refractivity contribution in [2.24, 2.45) is 5.92 Å². The van der Waals surface area contributed by atoms with E-state index in [-0.39, 0.29) is 24.8 Å². The molecular formula is C9H12LiN2O2S. The number of carboxylic acids is 1. The number of nitrogens with zero attached hydrogens (tertiary/aromatic N) is 2. The van der Waals surface area contributed by atoms with Gasteiger partial charge in [-0.2, -0.15) is 0 Å². The van der Waals surface area contributed by atoms with Crippen LogP contribution >= 0.6 is 11.3 Å². The third kappa shape index (κ3) is 2.97. The second-order valence-electron chi connectivity index (χ2n) is 3.41. The van der Waals surface area contributed by atoms with E-state index in [0.29, 0.717) is 0 Å². The first-order chi connectivity index (χ1) is 6.77. The number of anilines is 1. The van der Waals surface area contributed by atoms with Crippen molar-refractivity contribution in [3.8, 4) is 0 Å². The molecule has 1 aromatic rings. The van der Waals surface area contributed by atoms with Gasteiger partial charge in [0.25, 0.3) is 0 Å². The largest absolute Gasteiger partial charge is 0.481 e. The molecular weight excluding hydrogens is 207 g/mol. The topological polar surface area (TPSA) is 53.4 Å². The monoisotopic (exact) mass is 219 g/mol. The van der Waals surface area contributed by atoms with Crippen LogP contribution < -0.4 is 4.90 Å². The van der Waals surface area contributed by atoms with Crippen molar-refractivity contribution in [3.05, 3.63) is 11.6 Å². The molecule has 1 aliphatic rings. The molecule has 0 spiro atoms. The average Bonchev–Trinajstić information content (AvgIpc) is 2.71. The molecule has 2 heterocycles. The molecule has 1 aromatic heterocycles. The molecule has 0 saturated carbocycles. The van der Waals surface area contributed by atoms with Gasteiger partial charge in [0.15, 0.2) is 5.13 Å². The third-order valence-electron chi connectivity index (χ3n) is 2.53. The number of carbonyl (C=O) groups is 1. The van der Waals surface area contributed by atoms with Gasteiger partial charge < -0.3 is 10.0 Å². The average molecular weight is 219 g/mol. The molecule has 0 aliphatic carbocycles. The Morgan fingerprint density at radius 2 is 2.20 bits per heavy atom. The van der Waals surface area contributed by atoms with Gasteiger partial charge in [-0.1, -0.05) is 0 Å². The number of carboxylic acid groups (broad SMARTS) is 1. The maximum atomic E-state index is 10.7. The summed E-state index contributed by atoms with van der Waals surface area (Å²) in [5.41, 5.74) is 0. The molecule has 1 fully saturated rings. The SMILES string of the molecule is O=C(O)C1CCN(c2nccs2)CC1.[Li]. The van der Waals surface area contributed by atoms with Crippen LogP contribution in [0.3, 0.4) is 0 Å². The first kappa shape index (κ1) is 12.6. The maximum absolute atomic E-state index is 10.7. The van der Waals surface area contributed by atoms with Crippen LogP contribution in [0.4, 0.5) is 5.13 Å². The Bertz CT molecular complexity index is 310. The normalized spacial score (nSPS) is 17.2. The molecule has 1 saturated heterocycles. The molecule has 0 bridgehead atoms. The molecule has 77 valence electrons. The molecule has 6 heteroatoms. The van der Waals surface area contributed by atoms with Gasteiger partial charge in [-0.05, 0) is 12.8 Å². The molecule has 4 nitrogen and oxygen atoms in total. The number of rotatable bonds is 2. The van der Waals surface area contributed by atoms with Crippen molar-refractivity contribution in [1.82, 2.24) is 4.98 Å². The Morgan fingerprint density at radius 1 is 1.53 bits per heavy atom. The first-order valence-corrected chi connectivity index (χ1v) is 5.52. The van der Waals surface area contributed by atoms with E-state index in [9.17, 15) is 4.79 Å². The number of aromatic nitrogens is 1. The molecule has 15 heavy (non-hydrogen) atoms. The molecule has 1 radical (unpaired) electrons. The minimum Gasteiger partial charge on any atom is -0.481 e. The number of piperidine rings is 1. The van der Waals surface area contributed by atoms with Crippen molar-refractivity contribution in [3.63, 3.8) is 0 Å². The van der Waals surface area contributed by atoms with Crippen LogP contribution in [0.1, 0.15) is 12.8 Å². The Kier molecular flexibility index (Phi) is 4.65. The van der Waals surface area contributed by atoms with Gasteiger partial charge in [-0.3, -0.25) is 4.79 Å². The second-order valence-corrected chi connectivity index (χ2v) is 4.29. The van der Waals surface area contributed by atoms with Crippen molar-refractivity contribution in [1.29, 1.82) is 0 Å². The van der Waals surface area contributed by atoms with Crippen LogP contribution in [-0.2, 0) is 4.79 Å². The van der Waals surface area contributed by atoms with E-state index in [1.165, 1.54) is 0 Å². The summed E-state index contributed by atoms with van der Waals surface area (Å²) in [5.74, 6) is -0.824. The van der Waals surface area contributed by atoms with E-state index >= 15 is 0 Å². The maximum Gasteiger partial charge on any atom is 0.306 e. The quantitative estimate of drug-likeness (QED) is 0.756. The minimum absolute atomic E-state index is 0. The van der Waals surface area contributed by atoms with Crippen LogP contribution in [0.2, 0.25) is 0 Å². The molecule has 1 aliphatic heterocycles. The van der Waals surface area contributed by atoms with Gasteiger partial charge in [0.2, 0.25) is 0 Å². The van der Waals surface area contributed by atoms with Crippen LogP contribution in [0.5, 0.6) is 0 Å². The fraction of sp³-hybridized carbons (Fsp3) is 0.556. The molecule has 0 aromatic carbocycles. The van der Waals surface area contributed by atoms with Crippen LogP contribution in [0.25, 0.3) is 0 Å². The van der Waals surface area contributed by atoms with E-state index in [0.717, 1.165) is 31.1 Å². The summed E-state index contributed by atoms with van der Waals surface area (Å²) in [5, 5.41) is 11.8. The zero-order valence-corrected chi connectivity index (χ0v) is 9.54. The van der Waals surface area contributed by atoms with Crippen LogP contribution in [0.15, 0.2) is 11.6 Å². The zero-order chi connectivity index (χ0) is 9.97. The first-order valence-electron chi connectivity index (χ1n) is 4.64. The molecule has 2 rings (SSSR count). The van der Waals surface area contributed by atoms with E-state index in [2.05, 4.69) is 9.88 Å². The van der Waals surface area contributed by atoms with Gasteiger partial charge in [0, 0.05) is 43.5 Å². The summed E-state index contributed by atoms with van der Waals surface area (Å²) in [6, 6.07) is 0. The smallest absolute Gasteiger partial charge is 0.306 e. The second kappa shape index (κ2) is 5.55. The van der Waals surface area contributed by atoms with Gasteiger partial charge >= 0.3 is 5.97 Å². The summed E-state index contributed by atoms with van der Waals surface area (Å²) in [6.07, 6.45) is 3.24. The van der Waals surface area contributed by atoms with Crippen molar-refractivity contribution < 1.29 is 9.90 Å². The van der Waals surface area contributed by atoms with Gasteiger partial charge in [0.1, 0.15) is 0 Å². The molecule has 1 N–H and O–H groups in total. The van der Waals surface area contributed by atoms with E-state index < -0.39 is 5.97 Å². The minimum atomic E-state index is -0.663. The van der Waals surface area contributed by atoms with Gasteiger partial charge in [0.05, 0.1) is 5.92 Å². The fourth-order valence-electron chi connectivity index (χ4n) is 1.69. The third-order valence-corrected chi connectivity index (χ3v) is 3.37. The number of thiazole rings is 1. The summed E-state index contributed by atoms with van der Waals surface area (Å²) >= 11 is 1.61. The summed E-state index contributed by atoms with van der Waals surface area (Å²) in [6.45, 7) is 1.62. The van der Waals surface area contributed by atoms with Crippen LogP contribution in [0, 0.1) is 5.92 Å². The van der Waals surface area contributed by atoms with E-state index in [4.69, 9.17) is 5.11 Å². The Morgan fingerprint density at radius 3 is 2.67 bits per heavy atom. The fourth-order valence-corrected chi connectivity index (χ4v) is 2.39.